The number of ether oxygens (including phenoxy) is 1. The van der Waals surface area contributed by atoms with Gasteiger partial charge in [0.1, 0.15) is 11.6 Å². The van der Waals surface area contributed by atoms with Gasteiger partial charge in [0.15, 0.2) is 0 Å². The molecule has 0 aliphatic rings. The van der Waals surface area contributed by atoms with Crippen LogP contribution in [0.2, 0.25) is 5.02 Å². The summed E-state index contributed by atoms with van der Waals surface area (Å²) in [5.74, 6) is 0.507. The van der Waals surface area contributed by atoms with Crippen molar-refractivity contribution in [3.05, 3.63) is 52.3 Å². The summed E-state index contributed by atoms with van der Waals surface area (Å²) in [5, 5.41) is 3.72. The number of rotatable bonds is 5. The largest absolute Gasteiger partial charge is 0.497 e. The van der Waals surface area contributed by atoms with Crippen LogP contribution in [0, 0.1) is 12.7 Å². The summed E-state index contributed by atoms with van der Waals surface area (Å²) in [5.41, 5.74) is 3.49. The molecule has 0 radical (unpaired) electrons. The molecule has 0 heterocycles. The van der Waals surface area contributed by atoms with Crippen molar-refractivity contribution in [2.45, 2.75) is 20.4 Å². The molecule has 2 rings (SSSR count). The molecule has 4 heteroatoms. The molecule has 0 saturated carbocycles. The lowest BCUT2D eigenvalue weighted by Crippen LogP contribution is -2.12. The average Bonchev–Trinajstić information content (AvgIpc) is 2.48. The van der Waals surface area contributed by atoms with Crippen LogP contribution in [0.25, 0.3) is 11.1 Å². The van der Waals surface area contributed by atoms with E-state index in [2.05, 4.69) is 12.2 Å². The number of hydrogen-bond donors (Lipinski definition) is 1. The molecule has 112 valence electrons. The predicted molar refractivity (Wildman–Crippen MR) is 85.5 cm³/mol. The Labute approximate surface area is 129 Å². The Morgan fingerprint density at radius 3 is 2.62 bits per heavy atom. The summed E-state index contributed by atoms with van der Waals surface area (Å²) in [6, 6.07) is 8.99. The molecule has 0 unspecified atom stereocenters. The zero-order valence-corrected chi connectivity index (χ0v) is 13.2. The average molecular weight is 308 g/mol. The Balaban J connectivity index is 2.54. The summed E-state index contributed by atoms with van der Waals surface area (Å²) in [6.45, 7) is 5.36. The molecular weight excluding hydrogens is 289 g/mol. The highest BCUT2D eigenvalue weighted by atomic mass is 35.5. The monoisotopic (exact) mass is 307 g/mol. The second-order valence-electron chi connectivity index (χ2n) is 4.88. The van der Waals surface area contributed by atoms with E-state index in [0.717, 1.165) is 29.0 Å². The smallest absolute Gasteiger partial charge is 0.127 e. The SMILES string of the molecule is CCNCc1cc(OC)ccc1-c1cc(C)c(F)cc1Cl. The summed E-state index contributed by atoms with van der Waals surface area (Å²) in [6.07, 6.45) is 0. The molecule has 2 nitrogen and oxygen atoms in total. The molecule has 0 spiro atoms. The minimum absolute atomic E-state index is 0.287. The minimum Gasteiger partial charge on any atom is -0.497 e. The Bertz CT molecular complexity index is 643. The van der Waals surface area contributed by atoms with Gasteiger partial charge in [-0.05, 0) is 54.4 Å². The number of methoxy groups -OCH3 is 1. The minimum atomic E-state index is -0.287. The molecule has 0 saturated heterocycles. The van der Waals surface area contributed by atoms with Gasteiger partial charge in [-0.3, -0.25) is 0 Å². The van der Waals surface area contributed by atoms with Crippen LogP contribution in [0.15, 0.2) is 30.3 Å². The van der Waals surface area contributed by atoms with Crippen molar-refractivity contribution in [2.75, 3.05) is 13.7 Å². The normalized spacial score (nSPS) is 10.7. The van der Waals surface area contributed by atoms with Gasteiger partial charge >= 0.3 is 0 Å². The first-order chi connectivity index (χ1) is 10.1. The van der Waals surface area contributed by atoms with Crippen LogP contribution >= 0.6 is 11.6 Å². The van der Waals surface area contributed by atoms with E-state index in [1.807, 2.05) is 18.2 Å². The quantitative estimate of drug-likeness (QED) is 0.873. The molecule has 0 aliphatic heterocycles. The van der Waals surface area contributed by atoms with Crippen LogP contribution < -0.4 is 10.1 Å². The van der Waals surface area contributed by atoms with Crippen molar-refractivity contribution in [3.8, 4) is 16.9 Å². The van der Waals surface area contributed by atoms with Gasteiger partial charge in [0.25, 0.3) is 0 Å². The van der Waals surface area contributed by atoms with E-state index in [1.165, 1.54) is 6.07 Å². The summed E-state index contributed by atoms with van der Waals surface area (Å²) in [7, 11) is 1.64. The summed E-state index contributed by atoms with van der Waals surface area (Å²) < 4.78 is 18.9. The fraction of sp³-hybridized carbons (Fsp3) is 0.294. The first kappa shape index (κ1) is 15.8. The summed E-state index contributed by atoms with van der Waals surface area (Å²) in [4.78, 5) is 0. The Morgan fingerprint density at radius 1 is 1.19 bits per heavy atom. The first-order valence-electron chi connectivity index (χ1n) is 6.90. The number of halogens is 2. The van der Waals surface area contributed by atoms with Crippen molar-refractivity contribution >= 4 is 11.6 Å². The molecule has 0 fully saturated rings. The van der Waals surface area contributed by atoms with E-state index >= 15 is 0 Å². The van der Waals surface area contributed by atoms with E-state index in [0.29, 0.717) is 17.1 Å². The molecule has 0 bridgehead atoms. The van der Waals surface area contributed by atoms with Crippen molar-refractivity contribution in [1.82, 2.24) is 5.32 Å². The van der Waals surface area contributed by atoms with Crippen LogP contribution in [0.4, 0.5) is 4.39 Å². The topological polar surface area (TPSA) is 21.3 Å². The lowest BCUT2D eigenvalue weighted by molar-refractivity contribution is 0.414. The van der Waals surface area contributed by atoms with Gasteiger partial charge in [0, 0.05) is 12.1 Å². The van der Waals surface area contributed by atoms with Gasteiger partial charge in [-0.25, -0.2) is 4.39 Å². The zero-order chi connectivity index (χ0) is 15.4. The highest BCUT2D eigenvalue weighted by molar-refractivity contribution is 6.33. The van der Waals surface area contributed by atoms with Crippen LogP contribution in [-0.2, 0) is 6.54 Å². The number of benzene rings is 2. The third-order valence-electron chi connectivity index (χ3n) is 3.42. The van der Waals surface area contributed by atoms with Crippen molar-refractivity contribution < 1.29 is 9.13 Å². The molecular formula is C17H19ClFNO. The number of nitrogens with one attached hydrogen (secondary N) is 1. The third kappa shape index (κ3) is 3.55. The third-order valence-corrected chi connectivity index (χ3v) is 3.73. The zero-order valence-electron chi connectivity index (χ0n) is 12.5. The standard InChI is InChI=1S/C17H19ClFNO/c1-4-20-10-12-8-13(21-3)5-6-14(12)15-7-11(2)17(19)9-16(15)18/h5-9,20H,4,10H2,1-3H3. The van der Waals surface area contributed by atoms with Gasteiger partial charge < -0.3 is 10.1 Å². The van der Waals surface area contributed by atoms with Crippen molar-refractivity contribution in [3.63, 3.8) is 0 Å². The molecule has 2 aromatic carbocycles. The van der Waals surface area contributed by atoms with Gasteiger partial charge in [-0.15, -0.1) is 0 Å². The maximum atomic E-state index is 13.6. The van der Waals surface area contributed by atoms with E-state index in [4.69, 9.17) is 16.3 Å². The first-order valence-corrected chi connectivity index (χ1v) is 7.28. The highest BCUT2D eigenvalue weighted by Crippen LogP contribution is 2.34. The van der Waals surface area contributed by atoms with E-state index in [9.17, 15) is 4.39 Å². The molecule has 0 amide bonds. The van der Waals surface area contributed by atoms with E-state index in [-0.39, 0.29) is 5.82 Å². The second-order valence-corrected chi connectivity index (χ2v) is 5.29. The Morgan fingerprint density at radius 2 is 1.95 bits per heavy atom. The van der Waals surface area contributed by atoms with Crippen molar-refractivity contribution in [2.24, 2.45) is 0 Å². The van der Waals surface area contributed by atoms with Crippen LogP contribution in [-0.4, -0.2) is 13.7 Å². The van der Waals surface area contributed by atoms with E-state index in [1.54, 1.807) is 20.1 Å². The Hall–Kier alpha value is -1.58. The molecule has 0 aliphatic carbocycles. The summed E-state index contributed by atoms with van der Waals surface area (Å²) >= 11 is 6.22. The van der Waals surface area contributed by atoms with Gasteiger partial charge in [-0.1, -0.05) is 24.6 Å². The van der Waals surface area contributed by atoms with Crippen LogP contribution in [0.1, 0.15) is 18.1 Å². The number of hydrogen-bond acceptors (Lipinski definition) is 2. The van der Waals surface area contributed by atoms with Gasteiger partial charge in [0.2, 0.25) is 0 Å². The van der Waals surface area contributed by atoms with Crippen LogP contribution in [0.3, 0.4) is 0 Å². The lowest BCUT2D eigenvalue weighted by atomic mass is 9.97. The maximum absolute atomic E-state index is 13.6. The molecule has 2 aromatic rings. The Kier molecular flexibility index (Phi) is 5.21. The fourth-order valence-electron chi connectivity index (χ4n) is 2.23. The second kappa shape index (κ2) is 6.92. The van der Waals surface area contributed by atoms with E-state index < -0.39 is 0 Å². The highest BCUT2D eigenvalue weighted by Gasteiger charge is 2.12. The molecule has 0 aromatic heterocycles. The molecule has 21 heavy (non-hydrogen) atoms. The molecule has 1 N–H and O–H groups in total. The van der Waals surface area contributed by atoms with Crippen molar-refractivity contribution in [1.29, 1.82) is 0 Å². The predicted octanol–water partition coefficient (Wildman–Crippen LogP) is 4.57. The van der Waals surface area contributed by atoms with Crippen LogP contribution in [0.5, 0.6) is 5.75 Å². The maximum Gasteiger partial charge on any atom is 0.127 e. The van der Waals surface area contributed by atoms with Gasteiger partial charge in [-0.2, -0.15) is 0 Å². The van der Waals surface area contributed by atoms with Gasteiger partial charge in [0.05, 0.1) is 12.1 Å². The fourth-order valence-corrected chi connectivity index (χ4v) is 2.48. The number of aryl methyl sites for hydroxylation is 1. The lowest BCUT2D eigenvalue weighted by Gasteiger charge is -2.14. The molecule has 0 atom stereocenters.